The van der Waals surface area contributed by atoms with E-state index in [0.29, 0.717) is 12.2 Å². The van der Waals surface area contributed by atoms with Gasteiger partial charge >= 0.3 is 0 Å². The Hall–Kier alpha value is -2.47. The first-order chi connectivity index (χ1) is 11.6. The number of piperidine rings is 1. The van der Waals surface area contributed by atoms with Crippen LogP contribution in [0.2, 0.25) is 0 Å². The van der Waals surface area contributed by atoms with Gasteiger partial charge in [0.15, 0.2) is 0 Å². The van der Waals surface area contributed by atoms with Crippen molar-refractivity contribution in [1.29, 1.82) is 0 Å². The lowest BCUT2D eigenvalue weighted by atomic mass is 9.96. The van der Waals surface area contributed by atoms with Crippen molar-refractivity contribution in [2.24, 2.45) is 5.73 Å². The fourth-order valence-corrected chi connectivity index (χ4v) is 3.25. The predicted octanol–water partition coefficient (Wildman–Crippen LogP) is 1.78. The molecule has 126 valence electrons. The molecule has 3 rings (SSSR count). The Bertz CT molecular complexity index is 770. The second kappa shape index (κ2) is 6.97. The zero-order chi connectivity index (χ0) is 17.1. The smallest absolute Gasteiger partial charge is 0.261 e. The van der Waals surface area contributed by atoms with Gasteiger partial charge in [-0.3, -0.25) is 14.6 Å². The highest BCUT2D eigenvalue weighted by Crippen LogP contribution is 2.21. The number of hydrogen-bond acceptors (Lipinski definition) is 4. The quantitative estimate of drug-likeness (QED) is 0.899. The van der Waals surface area contributed by atoms with Crippen LogP contribution in [-0.2, 0) is 0 Å². The second-order valence-corrected chi connectivity index (χ2v) is 6.27. The molecule has 1 saturated heterocycles. The molecule has 2 aromatic heterocycles. The summed E-state index contributed by atoms with van der Waals surface area (Å²) in [5.74, 6) is -0.237. The summed E-state index contributed by atoms with van der Waals surface area (Å²) < 4.78 is 0. The van der Waals surface area contributed by atoms with Crippen LogP contribution in [0.1, 0.15) is 36.5 Å². The zero-order valence-corrected chi connectivity index (χ0v) is 13.7. The number of nitrogens with one attached hydrogen (secondary N) is 1. The number of likely N-dealkylation sites (tertiary alicyclic amines) is 1. The highest BCUT2D eigenvalue weighted by atomic mass is 16.2. The molecule has 3 heterocycles. The molecule has 24 heavy (non-hydrogen) atoms. The maximum atomic E-state index is 12.8. The minimum absolute atomic E-state index is 0.00877. The molecule has 6 nitrogen and oxygen atoms in total. The first-order valence-corrected chi connectivity index (χ1v) is 8.28. The lowest BCUT2D eigenvalue weighted by Gasteiger charge is -2.38. The van der Waals surface area contributed by atoms with E-state index >= 15 is 0 Å². The minimum Gasteiger partial charge on any atom is -0.334 e. The van der Waals surface area contributed by atoms with Gasteiger partial charge in [-0.15, -0.1) is 0 Å². The fraction of sp³-hybridized carbons (Fsp3) is 0.389. The van der Waals surface area contributed by atoms with Gasteiger partial charge in [0.2, 0.25) is 0 Å². The third kappa shape index (κ3) is 3.23. The van der Waals surface area contributed by atoms with Crippen LogP contribution in [0.4, 0.5) is 0 Å². The largest absolute Gasteiger partial charge is 0.334 e. The number of aromatic amines is 1. The molecule has 0 spiro atoms. The number of H-pyrrole nitrogens is 1. The summed E-state index contributed by atoms with van der Waals surface area (Å²) in [6.07, 6.45) is 6.22. The van der Waals surface area contributed by atoms with Crippen LogP contribution in [0.3, 0.4) is 0 Å². The highest BCUT2D eigenvalue weighted by Gasteiger charge is 2.30. The van der Waals surface area contributed by atoms with Crippen LogP contribution in [0.15, 0.2) is 41.5 Å². The van der Waals surface area contributed by atoms with E-state index in [1.165, 1.54) is 0 Å². The van der Waals surface area contributed by atoms with Gasteiger partial charge in [-0.05, 0) is 50.5 Å². The van der Waals surface area contributed by atoms with Crippen molar-refractivity contribution in [3.8, 4) is 11.3 Å². The van der Waals surface area contributed by atoms with E-state index in [2.05, 4.69) is 9.97 Å². The summed E-state index contributed by atoms with van der Waals surface area (Å²) in [7, 11) is 0. The molecule has 1 amide bonds. The van der Waals surface area contributed by atoms with E-state index in [9.17, 15) is 9.59 Å². The van der Waals surface area contributed by atoms with Crippen LogP contribution in [0.5, 0.6) is 0 Å². The molecular formula is C18H22N4O2. The Kier molecular flexibility index (Phi) is 4.76. The third-order valence-corrected chi connectivity index (χ3v) is 4.55. The van der Waals surface area contributed by atoms with Gasteiger partial charge in [0.1, 0.15) is 5.56 Å². The average molecular weight is 326 g/mol. The molecule has 2 aromatic rings. The number of carbonyl (C=O) groups excluding carboxylic acids is 1. The summed E-state index contributed by atoms with van der Waals surface area (Å²) in [4.78, 5) is 33.8. The van der Waals surface area contributed by atoms with E-state index in [1.54, 1.807) is 29.4 Å². The second-order valence-electron chi connectivity index (χ2n) is 6.27. The first-order valence-electron chi connectivity index (χ1n) is 8.28. The van der Waals surface area contributed by atoms with Crippen molar-refractivity contribution >= 4 is 5.91 Å². The number of pyridine rings is 2. The Morgan fingerprint density at radius 3 is 2.71 bits per heavy atom. The van der Waals surface area contributed by atoms with Gasteiger partial charge in [0.05, 0.1) is 0 Å². The van der Waals surface area contributed by atoms with Crippen molar-refractivity contribution in [2.45, 2.75) is 38.3 Å². The van der Waals surface area contributed by atoms with Crippen molar-refractivity contribution < 1.29 is 4.79 Å². The molecule has 6 heteroatoms. The summed E-state index contributed by atoms with van der Waals surface area (Å²) in [5, 5.41) is 0. The van der Waals surface area contributed by atoms with Crippen LogP contribution in [0.25, 0.3) is 11.3 Å². The number of nitrogens with two attached hydrogens (primary N) is 1. The molecule has 1 fully saturated rings. The molecule has 0 saturated carbocycles. The van der Waals surface area contributed by atoms with Crippen LogP contribution >= 0.6 is 0 Å². The Labute approximate surface area is 140 Å². The zero-order valence-electron chi connectivity index (χ0n) is 13.7. The SMILES string of the molecule is C[C@H](N)[C@H]1CCCCN1C(=O)c1ccc(-c2ccncc2)[nH]c1=O. The molecule has 1 aliphatic heterocycles. The summed E-state index contributed by atoms with van der Waals surface area (Å²) in [6, 6.07) is 6.86. The topological polar surface area (TPSA) is 92.1 Å². The normalized spacial score (nSPS) is 19.1. The van der Waals surface area contributed by atoms with E-state index < -0.39 is 0 Å². The van der Waals surface area contributed by atoms with Crippen LogP contribution < -0.4 is 11.3 Å². The van der Waals surface area contributed by atoms with Gasteiger partial charge in [-0.2, -0.15) is 0 Å². The van der Waals surface area contributed by atoms with Gasteiger partial charge < -0.3 is 15.6 Å². The maximum absolute atomic E-state index is 12.8. The molecule has 0 bridgehead atoms. The molecular weight excluding hydrogens is 304 g/mol. The van der Waals surface area contributed by atoms with Gasteiger partial charge in [0.25, 0.3) is 11.5 Å². The fourth-order valence-electron chi connectivity index (χ4n) is 3.25. The molecule has 2 atom stereocenters. The van der Waals surface area contributed by atoms with E-state index in [1.807, 2.05) is 19.1 Å². The third-order valence-electron chi connectivity index (χ3n) is 4.55. The average Bonchev–Trinajstić information content (AvgIpc) is 2.62. The van der Waals surface area contributed by atoms with Crippen molar-refractivity contribution in [2.75, 3.05) is 6.54 Å². The molecule has 0 unspecified atom stereocenters. The summed E-state index contributed by atoms with van der Waals surface area (Å²) >= 11 is 0. The first kappa shape index (κ1) is 16.4. The van der Waals surface area contributed by atoms with Crippen molar-refractivity contribution in [1.82, 2.24) is 14.9 Å². The van der Waals surface area contributed by atoms with E-state index in [4.69, 9.17) is 5.73 Å². The van der Waals surface area contributed by atoms with Crippen molar-refractivity contribution in [3.63, 3.8) is 0 Å². The lowest BCUT2D eigenvalue weighted by Crippen LogP contribution is -2.52. The number of nitrogens with zero attached hydrogens (tertiary/aromatic N) is 2. The Balaban J connectivity index is 1.89. The molecule has 1 aliphatic rings. The maximum Gasteiger partial charge on any atom is 0.261 e. The van der Waals surface area contributed by atoms with Crippen molar-refractivity contribution in [3.05, 3.63) is 52.6 Å². The molecule has 0 aliphatic carbocycles. The molecule has 0 aromatic carbocycles. The number of amides is 1. The van der Waals surface area contributed by atoms with Gasteiger partial charge in [0, 0.05) is 42.3 Å². The number of rotatable bonds is 3. The summed E-state index contributed by atoms with van der Waals surface area (Å²) in [5.41, 5.74) is 7.34. The highest BCUT2D eigenvalue weighted by molar-refractivity contribution is 5.94. The number of hydrogen-bond donors (Lipinski definition) is 2. The Morgan fingerprint density at radius 2 is 2.04 bits per heavy atom. The van der Waals surface area contributed by atoms with Crippen LogP contribution in [0, 0.1) is 0 Å². The van der Waals surface area contributed by atoms with E-state index in [-0.39, 0.29) is 29.1 Å². The monoisotopic (exact) mass is 326 g/mol. The minimum atomic E-state index is -0.372. The van der Waals surface area contributed by atoms with Gasteiger partial charge in [-0.25, -0.2) is 0 Å². The standard InChI is InChI=1S/C18H22N4O2/c1-12(19)16-4-2-3-11-22(16)18(24)14-5-6-15(21-17(14)23)13-7-9-20-10-8-13/h5-10,12,16H,2-4,11,19H2,1H3,(H,21,23)/t12-,16+/m0/s1. The Morgan fingerprint density at radius 1 is 1.29 bits per heavy atom. The molecule has 0 radical (unpaired) electrons. The van der Waals surface area contributed by atoms with E-state index in [0.717, 1.165) is 24.8 Å². The number of carbonyl (C=O) groups is 1. The lowest BCUT2D eigenvalue weighted by molar-refractivity contribution is 0.0582. The number of aromatic nitrogens is 2. The van der Waals surface area contributed by atoms with Gasteiger partial charge in [-0.1, -0.05) is 0 Å². The summed E-state index contributed by atoms with van der Waals surface area (Å²) in [6.45, 7) is 2.56. The van der Waals surface area contributed by atoms with Crippen LogP contribution in [-0.4, -0.2) is 39.4 Å². The predicted molar refractivity (Wildman–Crippen MR) is 92.6 cm³/mol. The molecule has 3 N–H and O–H groups in total.